The highest BCUT2D eigenvalue weighted by molar-refractivity contribution is 5.92. The summed E-state index contributed by atoms with van der Waals surface area (Å²) in [6.45, 7) is 12.3. The maximum absolute atomic E-state index is 11.8. The van der Waals surface area contributed by atoms with Crippen LogP contribution in [-0.2, 0) is 9.53 Å². The van der Waals surface area contributed by atoms with Crippen molar-refractivity contribution in [2.75, 3.05) is 0 Å². The van der Waals surface area contributed by atoms with Crippen LogP contribution in [0.5, 0.6) is 0 Å². The minimum atomic E-state index is -0.516. The average molecular weight is 359 g/mol. The van der Waals surface area contributed by atoms with Gasteiger partial charge in [0.15, 0.2) is 5.78 Å². The molecule has 2 aliphatic rings. The van der Waals surface area contributed by atoms with E-state index in [0.717, 1.165) is 37.9 Å². The van der Waals surface area contributed by atoms with Crippen LogP contribution in [0.4, 0.5) is 0 Å². The predicted molar refractivity (Wildman–Crippen MR) is 107 cm³/mol. The van der Waals surface area contributed by atoms with E-state index < -0.39 is 6.10 Å². The Morgan fingerprint density at radius 2 is 2.04 bits per heavy atom. The van der Waals surface area contributed by atoms with Crippen molar-refractivity contribution in [1.29, 1.82) is 0 Å². The minimum Gasteiger partial charge on any atom is -0.495 e. The van der Waals surface area contributed by atoms with Gasteiger partial charge in [0.25, 0.3) is 0 Å². The molecule has 5 atom stereocenters. The molecule has 0 aromatic carbocycles. The van der Waals surface area contributed by atoms with Crippen molar-refractivity contribution >= 4 is 5.78 Å². The molecule has 0 aromatic rings. The highest BCUT2D eigenvalue weighted by Crippen LogP contribution is 2.31. The number of aliphatic hydroxyl groups excluding tert-OH is 1. The summed E-state index contributed by atoms with van der Waals surface area (Å²) in [6.07, 6.45) is 12.2. The molecule has 3 heteroatoms. The van der Waals surface area contributed by atoms with Gasteiger partial charge in [-0.2, -0.15) is 0 Å². The van der Waals surface area contributed by atoms with Crippen LogP contribution in [-0.4, -0.2) is 23.1 Å². The average Bonchev–Trinajstić information content (AvgIpc) is 2.88. The van der Waals surface area contributed by atoms with Gasteiger partial charge in [-0.3, -0.25) is 4.79 Å². The standard InChI is InChI=1S/C23H34O3/c1-15(9-10-21-18(4)22(24)11-12-23(21)25)7-6-8-16(2)13-20-14-17(3)19(5)26-20/h8-9,11-12,17-18,20-21,23,25H,5-7,10,13-14H2,1-4H3/b15-9+,16-8+. The molecule has 1 N–H and O–H groups in total. The van der Waals surface area contributed by atoms with Crippen molar-refractivity contribution in [2.45, 2.75) is 72.0 Å². The number of hydrogen-bond donors (Lipinski definition) is 1. The Kier molecular flexibility index (Phi) is 7.45. The van der Waals surface area contributed by atoms with E-state index in [1.165, 1.54) is 17.2 Å². The third kappa shape index (κ3) is 5.70. The van der Waals surface area contributed by atoms with Crippen molar-refractivity contribution in [3.63, 3.8) is 0 Å². The van der Waals surface area contributed by atoms with E-state index >= 15 is 0 Å². The molecule has 0 radical (unpaired) electrons. The normalized spacial score (nSPS) is 32.9. The van der Waals surface area contributed by atoms with Gasteiger partial charge in [0.05, 0.1) is 11.9 Å². The summed E-state index contributed by atoms with van der Waals surface area (Å²) in [7, 11) is 0. The molecule has 1 saturated heterocycles. The molecular formula is C23H34O3. The second-order valence-electron chi connectivity index (χ2n) is 8.13. The molecule has 26 heavy (non-hydrogen) atoms. The Morgan fingerprint density at radius 3 is 2.69 bits per heavy atom. The molecular weight excluding hydrogens is 324 g/mol. The quantitative estimate of drug-likeness (QED) is 0.642. The molecule has 1 heterocycles. The molecule has 0 aromatic heterocycles. The van der Waals surface area contributed by atoms with E-state index in [1.807, 2.05) is 6.92 Å². The van der Waals surface area contributed by atoms with Crippen LogP contribution < -0.4 is 0 Å². The summed E-state index contributed by atoms with van der Waals surface area (Å²) in [5.41, 5.74) is 2.69. The smallest absolute Gasteiger partial charge is 0.158 e. The maximum Gasteiger partial charge on any atom is 0.158 e. The maximum atomic E-state index is 11.8. The number of ether oxygens (including phenoxy) is 1. The lowest BCUT2D eigenvalue weighted by molar-refractivity contribution is -0.121. The second-order valence-corrected chi connectivity index (χ2v) is 8.13. The largest absolute Gasteiger partial charge is 0.495 e. The summed E-state index contributed by atoms with van der Waals surface area (Å²) in [5, 5.41) is 10.1. The van der Waals surface area contributed by atoms with E-state index in [0.29, 0.717) is 5.92 Å². The Balaban J connectivity index is 1.76. The Hall–Kier alpha value is -1.61. The fourth-order valence-electron chi connectivity index (χ4n) is 3.80. The first kappa shape index (κ1) is 20.7. The van der Waals surface area contributed by atoms with Crippen molar-refractivity contribution in [3.8, 4) is 0 Å². The van der Waals surface area contributed by atoms with E-state index in [1.54, 1.807) is 6.08 Å². The van der Waals surface area contributed by atoms with Crippen LogP contribution in [0.1, 0.15) is 59.8 Å². The number of ketones is 1. The Bertz CT molecular complexity index is 611. The third-order valence-corrected chi connectivity index (χ3v) is 5.79. The van der Waals surface area contributed by atoms with E-state index in [-0.39, 0.29) is 23.7 Å². The molecule has 0 amide bonds. The number of carbonyl (C=O) groups excluding carboxylic acids is 1. The van der Waals surface area contributed by atoms with Crippen LogP contribution in [0.15, 0.2) is 47.8 Å². The van der Waals surface area contributed by atoms with Crippen molar-refractivity contribution in [2.24, 2.45) is 17.8 Å². The minimum absolute atomic E-state index is 0.00525. The monoisotopic (exact) mass is 358 g/mol. The summed E-state index contributed by atoms with van der Waals surface area (Å²) in [5.74, 6) is 1.40. The first-order chi connectivity index (χ1) is 12.3. The zero-order valence-corrected chi connectivity index (χ0v) is 16.7. The van der Waals surface area contributed by atoms with Crippen LogP contribution >= 0.6 is 0 Å². The van der Waals surface area contributed by atoms with Crippen molar-refractivity contribution < 1.29 is 14.6 Å². The molecule has 0 saturated carbocycles. The summed E-state index contributed by atoms with van der Waals surface area (Å²) < 4.78 is 5.80. The van der Waals surface area contributed by atoms with Gasteiger partial charge in [0.2, 0.25) is 0 Å². The zero-order chi connectivity index (χ0) is 19.3. The highest BCUT2D eigenvalue weighted by atomic mass is 16.5. The molecule has 0 bridgehead atoms. The first-order valence-corrected chi connectivity index (χ1v) is 9.84. The lowest BCUT2D eigenvalue weighted by atomic mass is 9.79. The van der Waals surface area contributed by atoms with Crippen LogP contribution in [0.3, 0.4) is 0 Å². The van der Waals surface area contributed by atoms with Gasteiger partial charge < -0.3 is 9.84 Å². The molecule has 3 nitrogen and oxygen atoms in total. The van der Waals surface area contributed by atoms with Gasteiger partial charge in [0.1, 0.15) is 6.10 Å². The molecule has 5 unspecified atom stereocenters. The second kappa shape index (κ2) is 9.36. The van der Waals surface area contributed by atoms with Gasteiger partial charge in [0, 0.05) is 24.2 Å². The molecule has 144 valence electrons. The number of rotatable bonds is 7. The van der Waals surface area contributed by atoms with E-state index in [9.17, 15) is 9.90 Å². The van der Waals surface area contributed by atoms with E-state index in [4.69, 9.17) is 4.74 Å². The number of carbonyl (C=O) groups is 1. The van der Waals surface area contributed by atoms with Crippen LogP contribution in [0, 0.1) is 17.8 Å². The Morgan fingerprint density at radius 1 is 1.31 bits per heavy atom. The number of hydrogen-bond acceptors (Lipinski definition) is 3. The highest BCUT2D eigenvalue weighted by Gasteiger charge is 2.30. The van der Waals surface area contributed by atoms with Crippen LogP contribution in [0.25, 0.3) is 0 Å². The third-order valence-electron chi connectivity index (χ3n) is 5.79. The SMILES string of the molecule is C=C1OC(C/C(C)=C/CC/C(C)=C/CC2C(O)C=CC(=O)C2C)CC1C. The van der Waals surface area contributed by atoms with Crippen LogP contribution in [0.2, 0.25) is 0 Å². The molecule has 2 rings (SSSR count). The first-order valence-electron chi connectivity index (χ1n) is 9.84. The topological polar surface area (TPSA) is 46.5 Å². The number of allylic oxidation sites excluding steroid dienone is 5. The number of aliphatic hydroxyl groups is 1. The zero-order valence-electron chi connectivity index (χ0n) is 16.7. The summed E-state index contributed by atoms with van der Waals surface area (Å²) in [4.78, 5) is 11.8. The predicted octanol–water partition coefficient (Wildman–Crippen LogP) is 5.13. The van der Waals surface area contributed by atoms with Gasteiger partial charge in [-0.05, 0) is 45.6 Å². The Labute approximate surface area is 158 Å². The van der Waals surface area contributed by atoms with E-state index in [2.05, 4.69) is 39.5 Å². The van der Waals surface area contributed by atoms with Gasteiger partial charge in [-0.1, -0.05) is 49.8 Å². The fourth-order valence-corrected chi connectivity index (χ4v) is 3.80. The van der Waals surface area contributed by atoms with Gasteiger partial charge in [-0.25, -0.2) is 0 Å². The van der Waals surface area contributed by atoms with Crippen molar-refractivity contribution in [1.82, 2.24) is 0 Å². The van der Waals surface area contributed by atoms with Gasteiger partial charge in [-0.15, -0.1) is 0 Å². The van der Waals surface area contributed by atoms with Crippen molar-refractivity contribution in [3.05, 3.63) is 47.8 Å². The molecule has 1 aliphatic carbocycles. The summed E-state index contributed by atoms with van der Waals surface area (Å²) >= 11 is 0. The lowest BCUT2D eigenvalue weighted by Crippen LogP contribution is -2.32. The lowest BCUT2D eigenvalue weighted by Gasteiger charge is -2.27. The van der Waals surface area contributed by atoms with Gasteiger partial charge >= 0.3 is 0 Å². The fraction of sp³-hybridized carbons (Fsp3) is 0.609. The molecule has 0 spiro atoms. The molecule has 1 aliphatic heterocycles. The molecule has 1 fully saturated rings. The summed E-state index contributed by atoms with van der Waals surface area (Å²) in [6, 6.07) is 0.